The monoisotopic (exact) mass is 1370 g/mol. The Kier molecular flexibility index (Phi) is 47.2. The Morgan fingerprint density at radius 2 is 0.301 bits per heavy atom. The summed E-state index contributed by atoms with van der Waals surface area (Å²) in [5.41, 5.74) is 0. The lowest BCUT2D eigenvalue weighted by Gasteiger charge is -2.34. The van der Waals surface area contributed by atoms with E-state index in [0.29, 0.717) is 0 Å². The van der Waals surface area contributed by atoms with E-state index in [-0.39, 0.29) is 222 Å². The van der Waals surface area contributed by atoms with Gasteiger partial charge in [0.1, 0.15) is 0 Å². The SMILES string of the molecule is COC(C)C(C)OC(C)C(C)OC(C)C(C)OC(C)C(C)OC(C)C(C)OC(C)C(C)OC(C)C(C)OC(C)C(C)OCCOP(=O)(O)OCCOC(C)C(C)OC(C)C(C)OC(C)C(C)OC(C)C(C)OC(C)C(C)OC(C)C(C)OC(C)C(C)OC(C)C(C)OC. The molecule has 0 saturated carbocycles. The second kappa shape index (κ2) is 47.5. The first-order chi connectivity index (χ1) is 43.0. The average molecular weight is 1370 g/mol. The molecule has 0 rings (SSSR count). The van der Waals surface area contributed by atoms with Crippen molar-refractivity contribution in [2.45, 2.75) is 417 Å². The van der Waals surface area contributed by atoms with E-state index in [0.717, 1.165) is 0 Å². The molecule has 0 amide bonds. The zero-order valence-corrected chi connectivity index (χ0v) is 65.7. The minimum absolute atomic E-state index is 0.0162. The lowest BCUT2D eigenvalue weighted by atomic mass is 10.1. The molecule has 0 aromatic rings. The maximum Gasteiger partial charge on any atom is 0.472 e. The van der Waals surface area contributed by atoms with E-state index in [1.165, 1.54) is 0 Å². The molecule has 1 N–H and O–H groups in total. The zero-order chi connectivity index (χ0) is 71.9. The number of phosphoric acid groups is 1. The summed E-state index contributed by atoms with van der Waals surface area (Å²) in [5.74, 6) is 0. The average Bonchev–Trinajstić information content (AvgIpc) is 1.62. The summed E-state index contributed by atoms with van der Waals surface area (Å²) in [5, 5.41) is 0. The van der Waals surface area contributed by atoms with Gasteiger partial charge in [-0.15, -0.1) is 0 Å². The third kappa shape index (κ3) is 37.6. The number of ether oxygens (including phenoxy) is 18. The Morgan fingerprint density at radius 1 is 0.194 bits per heavy atom. The topological polar surface area (TPSA) is 222 Å². The van der Waals surface area contributed by atoms with Gasteiger partial charge in [-0.1, -0.05) is 0 Å². The van der Waals surface area contributed by atoms with E-state index >= 15 is 0 Å². The van der Waals surface area contributed by atoms with Crippen molar-refractivity contribution in [1.29, 1.82) is 0 Å². The van der Waals surface area contributed by atoms with Crippen LogP contribution in [0.5, 0.6) is 0 Å². The highest BCUT2D eigenvalue weighted by Gasteiger charge is 2.33. The molecule has 0 aliphatic carbocycles. The van der Waals surface area contributed by atoms with Gasteiger partial charge in [0, 0.05) is 14.2 Å². The van der Waals surface area contributed by atoms with Crippen LogP contribution in [0.4, 0.5) is 0 Å². The molecule has 0 bridgehead atoms. The van der Waals surface area contributed by atoms with Gasteiger partial charge in [0.2, 0.25) is 0 Å². The molecule has 0 saturated heterocycles. The van der Waals surface area contributed by atoms with Crippen molar-refractivity contribution in [2.75, 3.05) is 40.6 Å². The lowest BCUT2D eigenvalue weighted by molar-refractivity contribution is -0.187. The Balaban J connectivity index is 4.72. The minimum atomic E-state index is -4.38. The first-order valence-electron chi connectivity index (χ1n) is 35.1. The molecule has 0 radical (unpaired) electrons. The highest BCUT2D eigenvalue weighted by atomic mass is 31.2. The van der Waals surface area contributed by atoms with Crippen molar-refractivity contribution < 1.29 is 104 Å². The largest absolute Gasteiger partial charge is 0.472 e. The fraction of sp³-hybridized carbons (Fsp3) is 1.00. The summed E-state index contributed by atoms with van der Waals surface area (Å²) >= 11 is 0. The Hall–Kier alpha value is -0.610. The summed E-state index contributed by atoms with van der Waals surface area (Å²) in [6.07, 6.45) is -6.49. The maximum absolute atomic E-state index is 12.7. The van der Waals surface area contributed by atoms with Gasteiger partial charge in [0.25, 0.3) is 0 Å². The van der Waals surface area contributed by atoms with Crippen LogP contribution in [0.25, 0.3) is 0 Å². The summed E-state index contributed by atoms with van der Waals surface area (Å²) in [6.45, 7) is 63.2. The Bertz CT molecular complexity index is 1770. The smallest absolute Gasteiger partial charge is 0.379 e. The molecule has 0 aromatic heterocycles. The van der Waals surface area contributed by atoms with E-state index < -0.39 is 7.82 Å². The molecule has 560 valence electrons. The highest BCUT2D eigenvalue weighted by molar-refractivity contribution is 7.47. The van der Waals surface area contributed by atoms with Crippen molar-refractivity contribution in [2.24, 2.45) is 0 Å². The van der Waals surface area contributed by atoms with Crippen molar-refractivity contribution in [3.8, 4) is 0 Å². The fourth-order valence-electron chi connectivity index (χ4n) is 9.30. The molecular formula is C70H143O22P. The van der Waals surface area contributed by atoms with Crippen LogP contribution in [0, 0.1) is 0 Å². The van der Waals surface area contributed by atoms with Gasteiger partial charge < -0.3 is 90.2 Å². The normalized spacial score (nSPS) is 23.9. The van der Waals surface area contributed by atoms with Crippen molar-refractivity contribution in [3.05, 3.63) is 0 Å². The quantitative estimate of drug-likeness (QED) is 0.0441. The van der Waals surface area contributed by atoms with Gasteiger partial charge in [0.05, 0.1) is 222 Å². The lowest BCUT2D eigenvalue weighted by Crippen LogP contribution is -2.42. The molecule has 0 heterocycles. The fourth-order valence-corrected chi connectivity index (χ4v) is 9.99. The molecule has 0 aromatic carbocycles. The molecule has 32 unspecified atom stereocenters. The number of hydrogen-bond acceptors (Lipinski definition) is 21. The van der Waals surface area contributed by atoms with Crippen LogP contribution in [0.3, 0.4) is 0 Å². The summed E-state index contributed by atoms with van der Waals surface area (Å²) < 4.78 is 134. The Morgan fingerprint density at radius 3 is 0.419 bits per heavy atom. The molecule has 22 nitrogen and oxygen atoms in total. The van der Waals surface area contributed by atoms with Crippen LogP contribution < -0.4 is 0 Å². The third-order valence-electron chi connectivity index (χ3n) is 18.8. The van der Waals surface area contributed by atoms with Crippen LogP contribution >= 0.6 is 7.82 Å². The zero-order valence-electron chi connectivity index (χ0n) is 64.8. The van der Waals surface area contributed by atoms with E-state index in [4.69, 9.17) is 94.3 Å². The van der Waals surface area contributed by atoms with Crippen molar-refractivity contribution in [3.63, 3.8) is 0 Å². The predicted molar refractivity (Wildman–Crippen MR) is 366 cm³/mol. The number of methoxy groups -OCH3 is 2. The molecule has 0 aliphatic rings. The summed E-state index contributed by atoms with van der Waals surface area (Å²) in [7, 11) is -1.02. The van der Waals surface area contributed by atoms with Crippen molar-refractivity contribution in [1.82, 2.24) is 0 Å². The first-order valence-corrected chi connectivity index (χ1v) is 36.6. The second-order valence-corrected chi connectivity index (χ2v) is 28.3. The number of hydrogen-bond donors (Lipinski definition) is 1. The third-order valence-corrected chi connectivity index (χ3v) is 19.8. The van der Waals surface area contributed by atoms with Gasteiger partial charge in [-0.25, -0.2) is 4.57 Å². The van der Waals surface area contributed by atoms with Crippen molar-refractivity contribution >= 4 is 7.82 Å². The molecular weight excluding hydrogens is 1220 g/mol. The first kappa shape index (κ1) is 92.4. The predicted octanol–water partition coefficient (Wildman–Crippen LogP) is 13.1. The second-order valence-electron chi connectivity index (χ2n) is 26.8. The molecule has 0 aliphatic heterocycles. The highest BCUT2D eigenvalue weighted by Crippen LogP contribution is 2.43. The maximum atomic E-state index is 12.7. The number of phosphoric ester groups is 1. The molecule has 93 heavy (non-hydrogen) atoms. The van der Waals surface area contributed by atoms with Crippen LogP contribution in [0.15, 0.2) is 0 Å². The van der Waals surface area contributed by atoms with Crippen LogP contribution in [-0.2, 0) is 98.9 Å². The molecule has 23 heteroatoms. The van der Waals surface area contributed by atoms with Gasteiger partial charge in [-0.3, -0.25) is 9.05 Å². The van der Waals surface area contributed by atoms with Crippen LogP contribution in [0.1, 0.15) is 222 Å². The van der Waals surface area contributed by atoms with E-state index in [1.807, 2.05) is 222 Å². The molecule has 32 atom stereocenters. The van der Waals surface area contributed by atoms with E-state index in [2.05, 4.69) is 0 Å². The minimum Gasteiger partial charge on any atom is -0.379 e. The summed E-state index contributed by atoms with van der Waals surface area (Å²) in [6, 6.07) is 0. The van der Waals surface area contributed by atoms with Gasteiger partial charge in [-0.2, -0.15) is 0 Å². The van der Waals surface area contributed by atoms with Crippen LogP contribution in [0.2, 0.25) is 0 Å². The molecule has 0 fully saturated rings. The van der Waals surface area contributed by atoms with Gasteiger partial charge >= 0.3 is 7.82 Å². The summed E-state index contributed by atoms with van der Waals surface area (Å²) in [4.78, 5) is 10.4. The van der Waals surface area contributed by atoms with E-state index in [9.17, 15) is 9.46 Å². The number of rotatable bonds is 56. The van der Waals surface area contributed by atoms with Gasteiger partial charge in [-0.05, 0) is 222 Å². The Labute approximate surface area is 567 Å². The molecule has 0 spiro atoms. The van der Waals surface area contributed by atoms with E-state index in [1.54, 1.807) is 14.2 Å². The van der Waals surface area contributed by atoms with Gasteiger partial charge in [0.15, 0.2) is 0 Å². The van der Waals surface area contributed by atoms with Crippen LogP contribution in [-0.4, -0.2) is 241 Å². The standard InChI is InChI=1S/C70H143O22P/c1-39(73-33)43(5)79-47(9)51(13)83-55(17)59(21)87-63(25)67(29)91-69(31)65(27)89-61(23)57(19)85-53(15)49(11)81-45(7)41(3)75-35-37-77-93(71,72)78-38-36-76-42(4)46(8)82-50(12)54(16)86-58(20)62(24)90-66(28)70(32)92-68(30)64(26)88-60(22)56(18)84-52(14)48(10)80-44(6)40(2)74-34/h39-70H,35-38H2,1-34H3,(H,71,72).